The van der Waals surface area contributed by atoms with Crippen LogP contribution in [0.1, 0.15) is 0 Å². The molecule has 2 nitrogen and oxygen atoms in total. The van der Waals surface area contributed by atoms with Gasteiger partial charge in [-0.15, -0.1) is 0 Å². The molecular formula is C26H22O2. The Balaban J connectivity index is 1.94. The van der Waals surface area contributed by atoms with Crippen LogP contribution in [0, 0.1) is 0 Å². The standard InChI is InChI=1S/C26H22O2/c1-27-22-15-11-20(12-16-22)25-10-6-9-24(19-7-4-3-5-8-19)26(25)21-13-17-23(28-2)18-14-21/h3-18H,1-2H3. The van der Waals surface area contributed by atoms with E-state index in [0.717, 1.165) is 22.6 Å². The van der Waals surface area contributed by atoms with Crippen molar-refractivity contribution in [2.75, 3.05) is 14.2 Å². The van der Waals surface area contributed by atoms with Gasteiger partial charge >= 0.3 is 0 Å². The minimum Gasteiger partial charge on any atom is -0.497 e. The number of hydrogen-bond acceptors (Lipinski definition) is 2. The van der Waals surface area contributed by atoms with Gasteiger partial charge < -0.3 is 9.47 Å². The van der Waals surface area contributed by atoms with Gasteiger partial charge in [-0.25, -0.2) is 0 Å². The van der Waals surface area contributed by atoms with E-state index >= 15 is 0 Å². The first-order valence-electron chi connectivity index (χ1n) is 9.27. The van der Waals surface area contributed by atoms with Gasteiger partial charge in [0.1, 0.15) is 11.5 Å². The molecule has 0 aliphatic heterocycles. The van der Waals surface area contributed by atoms with Crippen LogP contribution in [0.2, 0.25) is 0 Å². The molecule has 0 bridgehead atoms. The van der Waals surface area contributed by atoms with Crippen molar-refractivity contribution in [2.45, 2.75) is 0 Å². The molecule has 0 aromatic heterocycles. The van der Waals surface area contributed by atoms with Gasteiger partial charge in [-0.2, -0.15) is 0 Å². The fourth-order valence-electron chi connectivity index (χ4n) is 3.49. The number of hydrogen-bond donors (Lipinski definition) is 0. The van der Waals surface area contributed by atoms with Crippen LogP contribution in [0.15, 0.2) is 97.1 Å². The second-order valence-corrected chi connectivity index (χ2v) is 6.55. The third-order valence-corrected chi connectivity index (χ3v) is 4.93. The summed E-state index contributed by atoms with van der Waals surface area (Å²) in [5.41, 5.74) is 7.12. The van der Waals surface area contributed by atoms with Crippen molar-refractivity contribution in [3.63, 3.8) is 0 Å². The minimum atomic E-state index is 0.854. The quantitative estimate of drug-likeness (QED) is 0.391. The molecule has 0 fully saturated rings. The van der Waals surface area contributed by atoms with Crippen LogP contribution < -0.4 is 9.47 Å². The normalized spacial score (nSPS) is 10.5. The molecule has 4 aromatic carbocycles. The molecule has 0 aliphatic rings. The smallest absolute Gasteiger partial charge is 0.118 e. The first-order chi connectivity index (χ1) is 13.8. The minimum absolute atomic E-state index is 0.854. The van der Waals surface area contributed by atoms with E-state index in [0.29, 0.717) is 0 Å². The zero-order valence-electron chi connectivity index (χ0n) is 16.1. The molecule has 2 heteroatoms. The van der Waals surface area contributed by atoms with E-state index in [-0.39, 0.29) is 0 Å². The van der Waals surface area contributed by atoms with Gasteiger partial charge in [0, 0.05) is 0 Å². The summed E-state index contributed by atoms with van der Waals surface area (Å²) in [4.78, 5) is 0. The lowest BCUT2D eigenvalue weighted by Gasteiger charge is -2.17. The summed E-state index contributed by atoms with van der Waals surface area (Å²) >= 11 is 0. The van der Waals surface area contributed by atoms with E-state index in [1.54, 1.807) is 14.2 Å². The lowest BCUT2D eigenvalue weighted by Crippen LogP contribution is -1.91. The summed E-state index contributed by atoms with van der Waals surface area (Å²) in [5.74, 6) is 1.71. The second kappa shape index (κ2) is 8.01. The summed E-state index contributed by atoms with van der Waals surface area (Å²) < 4.78 is 10.7. The van der Waals surface area contributed by atoms with Crippen LogP contribution in [0.5, 0.6) is 11.5 Å². The third kappa shape index (κ3) is 3.49. The van der Waals surface area contributed by atoms with E-state index in [4.69, 9.17) is 9.47 Å². The molecular weight excluding hydrogens is 344 g/mol. The Hall–Kier alpha value is -3.52. The molecule has 0 atom stereocenters. The predicted molar refractivity (Wildman–Crippen MR) is 116 cm³/mol. The summed E-state index contributed by atoms with van der Waals surface area (Å²) in [6.07, 6.45) is 0. The lowest BCUT2D eigenvalue weighted by molar-refractivity contribution is 0.414. The molecule has 138 valence electrons. The van der Waals surface area contributed by atoms with Crippen molar-refractivity contribution in [2.24, 2.45) is 0 Å². The van der Waals surface area contributed by atoms with Crippen molar-refractivity contribution in [3.05, 3.63) is 97.1 Å². The average molecular weight is 366 g/mol. The number of rotatable bonds is 5. The van der Waals surface area contributed by atoms with Gasteiger partial charge in [-0.1, -0.05) is 72.8 Å². The molecule has 28 heavy (non-hydrogen) atoms. The Morgan fingerprint density at radius 1 is 0.429 bits per heavy atom. The fourth-order valence-corrected chi connectivity index (χ4v) is 3.49. The Kier molecular flexibility index (Phi) is 5.11. The molecule has 4 aromatic rings. The maximum Gasteiger partial charge on any atom is 0.118 e. The van der Waals surface area contributed by atoms with Crippen molar-refractivity contribution in [3.8, 4) is 44.9 Å². The molecule has 0 saturated heterocycles. The zero-order valence-corrected chi connectivity index (χ0v) is 16.1. The highest BCUT2D eigenvalue weighted by atomic mass is 16.5. The highest BCUT2D eigenvalue weighted by molar-refractivity contribution is 5.94. The molecule has 0 N–H and O–H groups in total. The predicted octanol–water partition coefficient (Wildman–Crippen LogP) is 6.70. The molecule has 4 rings (SSSR count). The summed E-state index contributed by atoms with van der Waals surface area (Å²) in [6, 6.07) is 33.5. The van der Waals surface area contributed by atoms with Crippen LogP contribution in [0.25, 0.3) is 33.4 Å². The molecule has 0 heterocycles. The lowest BCUT2D eigenvalue weighted by atomic mass is 9.87. The highest BCUT2D eigenvalue weighted by Crippen LogP contribution is 2.40. The Morgan fingerprint density at radius 2 is 0.893 bits per heavy atom. The van der Waals surface area contributed by atoms with Gasteiger partial charge in [-0.05, 0) is 57.6 Å². The maximum absolute atomic E-state index is 5.35. The Labute approximate surface area is 166 Å². The van der Waals surface area contributed by atoms with E-state index in [1.807, 2.05) is 30.3 Å². The van der Waals surface area contributed by atoms with E-state index in [1.165, 1.54) is 22.3 Å². The Bertz CT molecular complexity index is 1050. The van der Waals surface area contributed by atoms with E-state index < -0.39 is 0 Å². The largest absolute Gasteiger partial charge is 0.497 e. The summed E-state index contributed by atoms with van der Waals surface area (Å²) in [7, 11) is 3.38. The van der Waals surface area contributed by atoms with Crippen molar-refractivity contribution < 1.29 is 9.47 Å². The second-order valence-electron chi connectivity index (χ2n) is 6.55. The van der Waals surface area contributed by atoms with Crippen molar-refractivity contribution >= 4 is 0 Å². The van der Waals surface area contributed by atoms with Gasteiger partial charge in [0.2, 0.25) is 0 Å². The first-order valence-corrected chi connectivity index (χ1v) is 9.27. The number of ether oxygens (including phenoxy) is 2. The number of methoxy groups -OCH3 is 2. The summed E-state index contributed by atoms with van der Waals surface area (Å²) in [6.45, 7) is 0. The van der Waals surface area contributed by atoms with E-state index in [2.05, 4.69) is 66.7 Å². The SMILES string of the molecule is COc1ccc(-c2cccc(-c3ccccc3)c2-c2ccc(OC)cc2)cc1. The van der Waals surface area contributed by atoms with Crippen LogP contribution in [-0.2, 0) is 0 Å². The summed E-state index contributed by atoms with van der Waals surface area (Å²) in [5, 5.41) is 0. The number of benzene rings is 4. The molecule has 0 amide bonds. The van der Waals surface area contributed by atoms with Crippen LogP contribution in [-0.4, -0.2) is 14.2 Å². The first kappa shape index (κ1) is 17.9. The molecule has 0 saturated carbocycles. The topological polar surface area (TPSA) is 18.5 Å². The molecule has 0 unspecified atom stereocenters. The van der Waals surface area contributed by atoms with Crippen LogP contribution in [0.3, 0.4) is 0 Å². The van der Waals surface area contributed by atoms with E-state index in [9.17, 15) is 0 Å². The maximum atomic E-state index is 5.35. The molecule has 0 aliphatic carbocycles. The van der Waals surface area contributed by atoms with Gasteiger partial charge in [0.05, 0.1) is 14.2 Å². The average Bonchev–Trinajstić information content (AvgIpc) is 2.79. The molecule has 0 radical (unpaired) electrons. The monoisotopic (exact) mass is 366 g/mol. The molecule has 0 spiro atoms. The third-order valence-electron chi connectivity index (χ3n) is 4.93. The van der Waals surface area contributed by atoms with Gasteiger partial charge in [0.15, 0.2) is 0 Å². The fraction of sp³-hybridized carbons (Fsp3) is 0.0769. The van der Waals surface area contributed by atoms with Gasteiger partial charge in [0.25, 0.3) is 0 Å². The van der Waals surface area contributed by atoms with Gasteiger partial charge in [-0.3, -0.25) is 0 Å². The van der Waals surface area contributed by atoms with Crippen LogP contribution in [0.4, 0.5) is 0 Å². The Morgan fingerprint density at radius 3 is 1.39 bits per heavy atom. The highest BCUT2D eigenvalue weighted by Gasteiger charge is 2.14. The van der Waals surface area contributed by atoms with Crippen LogP contribution >= 0.6 is 0 Å². The van der Waals surface area contributed by atoms with Crippen molar-refractivity contribution in [1.29, 1.82) is 0 Å². The zero-order chi connectivity index (χ0) is 19.3. The van der Waals surface area contributed by atoms with Crippen molar-refractivity contribution in [1.82, 2.24) is 0 Å².